The summed E-state index contributed by atoms with van der Waals surface area (Å²) in [6, 6.07) is 0.331. The van der Waals surface area contributed by atoms with Gasteiger partial charge in [-0.15, -0.1) is 0 Å². The van der Waals surface area contributed by atoms with Crippen molar-refractivity contribution in [2.24, 2.45) is 17.8 Å². The summed E-state index contributed by atoms with van der Waals surface area (Å²) >= 11 is 0. The Morgan fingerprint density at radius 1 is 1.27 bits per heavy atom. The number of hydrogen-bond acceptors (Lipinski definition) is 4. The molecular formula is C21H35NO4. The highest BCUT2D eigenvalue weighted by Crippen LogP contribution is 2.47. The number of aliphatic hydroxyl groups is 1. The van der Waals surface area contributed by atoms with Crippen molar-refractivity contribution < 1.29 is 19.4 Å². The molecule has 2 fully saturated rings. The van der Waals surface area contributed by atoms with Crippen LogP contribution >= 0.6 is 0 Å². The molecule has 1 N–H and O–H groups in total. The van der Waals surface area contributed by atoms with Gasteiger partial charge in [0.15, 0.2) is 5.76 Å². The van der Waals surface area contributed by atoms with E-state index in [-0.39, 0.29) is 24.7 Å². The topological polar surface area (TPSA) is 59.0 Å². The zero-order chi connectivity index (χ0) is 18.5. The lowest BCUT2D eigenvalue weighted by Gasteiger charge is -2.39. The minimum absolute atomic E-state index is 0.00728. The summed E-state index contributed by atoms with van der Waals surface area (Å²) < 4.78 is 12.0. The largest absolute Gasteiger partial charge is 0.459 e. The molecule has 0 saturated heterocycles. The molecule has 1 heterocycles. The van der Waals surface area contributed by atoms with E-state index >= 15 is 0 Å². The number of ether oxygens (including phenoxy) is 2. The monoisotopic (exact) mass is 365 g/mol. The van der Waals surface area contributed by atoms with Crippen LogP contribution in [0.3, 0.4) is 0 Å². The zero-order valence-corrected chi connectivity index (χ0v) is 16.4. The van der Waals surface area contributed by atoms with Crippen LogP contribution in [0.2, 0.25) is 0 Å². The Morgan fingerprint density at radius 3 is 2.62 bits per heavy atom. The number of aliphatic hydroxyl groups excluding tert-OH is 1. The molecule has 0 aromatic carbocycles. The van der Waals surface area contributed by atoms with Crippen LogP contribution in [-0.4, -0.2) is 48.5 Å². The number of carbonyl (C=O) groups excluding carboxylic acids is 1. The summed E-state index contributed by atoms with van der Waals surface area (Å²) in [5, 5.41) is 9.25. The molecule has 3 rings (SSSR count). The van der Waals surface area contributed by atoms with Crippen LogP contribution in [0, 0.1) is 17.8 Å². The summed E-state index contributed by atoms with van der Waals surface area (Å²) in [6.45, 7) is 2.72. The highest BCUT2D eigenvalue weighted by atomic mass is 16.7. The van der Waals surface area contributed by atoms with Gasteiger partial charge in [0.25, 0.3) is 5.91 Å². The molecule has 5 heteroatoms. The minimum Gasteiger partial charge on any atom is -0.459 e. The first-order valence-electron chi connectivity index (χ1n) is 10.5. The second-order valence-electron chi connectivity index (χ2n) is 8.12. The van der Waals surface area contributed by atoms with Crippen molar-refractivity contribution >= 4 is 5.91 Å². The van der Waals surface area contributed by atoms with Gasteiger partial charge in [-0.2, -0.15) is 0 Å². The van der Waals surface area contributed by atoms with E-state index in [0.29, 0.717) is 30.2 Å². The predicted molar refractivity (Wildman–Crippen MR) is 100 cm³/mol. The standard InChI is InChI=1S/C21H35NO4/c1-3-25-21-17(10-7-13-23)18(15-11-12-15)14-19(26-21)20(24)22(2)16-8-5-4-6-9-16/h14-18,21,23H,3-13H2,1-2H3/t17-,18+,21+/m0/s1. The number of allylic oxidation sites excluding steroid dienone is 1. The second kappa shape index (κ2) is 9.23. The molecule has 1 amide bonds. The summed E-state index contributed by atoms with van der Waals surface area (Å²) in [5.41, 5.74) is 0. The van der Waals surface area contributed by atoms with E-state index in [2.05, 4.69) is 6.08 Å². The summed E-state index contributed by atoms with van der Waals surface area (Å²) in [6.07, 6.45) is 11.6. The second-order valence-corrected chi connectivity index (χ2v) is 8.12. The Balaban J connectivity index is 1.75. The smallest absolute Gasteiger partial charge is 0.288 e. The molecule has 0 aromatic rings. The lowest BCUT2D eigenvalue weighted by atomic mass is 9.82. The van der Waals surface area contributed by atoms with Crippen molar-refractivity contribution in [3.05, 3.63) is 11.8 Å². The Bertz CT molecular complexity index is 496. The van der Waals surface area contributed by atoms with E-state index in [9.17, 15) is 9.90 Å². The third-order valence-electron chi connectivity index (χ3n) is 6.28. The fourth-order valence-corrected chi connectivity index (χ4v) is 4.61. The van der Waals surface area contributed by atoms with Gasteiger partial charge in [-0.05, 0) is 63.4 Å². The van der Waals surface area contributed by atoms with Crippen molar-refractivity contribution in [1.82, 2.24) is 4.90 Å². The Morgan fingerprint density at radius 2 is 2.00 bits per heavy atom. The number of rotatable bonds is 8. The van der Waals surface area contributed by atoms with E-state index in [1.165, 1.54) is 32.1 Å². The quantitative estimate of drug-likeness (QED) is 0.715. The number of hydrogen-bond donors (Lipinski definition) is 1. The van der Waals surface area contributed by atoms with Crippen LogP contribution in [0.15, 0.2) is 11.8 Å². The van der Waals surface area contributed by atoms with E-state index in [4.69, 9.17) is 9.47 Å². The predicted octanol–water partition coefficient (Wildman–Crippen LogP) is 3.47. The van der Waals surface area contributed by atoms with E-state index in [1.54, 1.807) is 0 Å². The number of amides is 1. The van der Waals surface area contributed by atoms with Crippen LogP contribution in [-0.2, 0) is 14.3 Å². The lowest BCUT2D eigenvalue weighted by molar-refractivity contribution is -0.177. The van der Waals surface area contributed by atoms with Crippen molar-refractivity contribution in [1.29, 1.82) is 0 Å². The molecule has 148 valence electrons. The molecule has 0 radical (unpaired) electrons. The van der Waals surface area contributed by atoms with Crippen LogP contribution in [0.5, 0.6) is 0 Å². The third-order valence-corrected chi connectivity index (χ3v) is 6.28. The summed E-state index contributed by atoms with van der Waals surface area (Å²) in [5.74, 6) is 1.67. The van der Waals surface area contributed by atoms with Crippen LogP contribution < -0.4 is 0 Å². The number of likely N-dealkylation sites (N-methyl/N-ethyl adjacent to an activating group) is 1. The molecule has 3 atom stereocenters. The molecule has 0 aromatic heterocycles. The highest BCUT2D eigenvalue weighted by molar-refractivity contribution is 5.91. The average Bonchev–Trinajstić information content (AvgIpc) is 3.51. The first-order chi connectivity index (χ1) is 12.7. The third kappa shape index (κ3) is 4.61. The highest BCUT2D eigenvalue weighted by Gasteiger charge is 2.44. The van der Waals surface area contributed by atoms with Crippen molar-refractivity contribution in [2.45, 2.75) is 77.0 Å². The maximum Gasteiger partial charge on any atom is 0.288 e. The molecule has 3 aliphatic rings. The lowest BCUT2D eigenvalue weighted by Crippen LogP contribution is -2.44. The Labute approximate surface area is 157 Å². The number of carbonyl (C=O) groups is 1. The van der Waals surface area contributed by atoms with Crippen molar-refractivity contribution in [3.8, 4) is 0 Å². The van der Waals surface area contributed by atoms with Gasteiger partial charge in [0.1, 0.15) is 0 Å². The van der Waals surface area contributed by atoms with E-state index < -0.39 is 0 Å². The average molecular weight is 366 g/mol. The van der Waals surface area contributed by atoms with E-state index in [1.807, 2.05) is 18.9 Å². The van der Waals surface area contributed by atoms with Gasteiger partial charge in [-0.1, -0.05) is 19.3 Å². The summed E-state index contributed by atoms with van der Waals surface area (Å²) in [7, 11) is 1.92. The van der Waals surface area contributed by atoms with Crippen molar-refractivity contribution in [2.75, 3.05) is 20.3 Å². The molecular weight excluding hydrogens is 330 g/mol. The van der Waals surface area contributed by atoms with Crippen molar-refractivity contribution in [3.63, 3.8) is 0 Å². The first kappa shape index (κ1) is 19.7. The molecule has 2 saturated carbocycles. The molecule has 0 unspecified atom stereocenters. The minimum atomic E-state index is -0.374. The van der Waals surface area contributed by atoms with Gasteiger partial charge in [0.05, 0.1) is 0 Å². The maximum absolute atomic E-state index is 13.1. The molecule has 5 nitrogen and oxygen atoms in total. The van der Waals surface area contributed by atoms with Gasteiger partial charge in [-0.3, -0.25) is 4.79 Å². The molecule has 0 spiro atoms. The van der Waals surface area contributed by atoms with Crippen LogP contribution in [0.1, 0.15) is 64.7 Å². The Hall–Kier alpha value is -1.07. The number of nitrogens with zero attached hydrogens (tertiary/aromatic N) is 1. The Kier molecular flexibility index (Phi) is 6.98. The zero-order valence-electron chi connectivity index (χ0n) is 16.4. The molecule has 1 aliphatic heterocycles. The van der Waals surface area contributed by atoms with Crippen LogP contribution in [0.4, 0.5) is 0 Å². The SMILES string of the molecule is CCO[C@@H]1OC(C(=O)N(C)C2CCCCC2)=C[C@H](C2CC2)[C@@H]1CCCO. The summed E-state index contributed by atoms with van der Waals surface area (Å²) in [4.78, 5) is 15.0. The van der Waals surface area contributed by atoms with Gasteiger partial charge >= 0.3 is 0 Å². The fraction of sp³-hybridized carbons (Fsp3) is 0.857. The van der Waals surface area contributed by atoms with Crippen LogP contribution in [0.25, 0.3) is 0 Å². The van der Waals surface area contributed by atoms with Gasteiger partial charge in [0.2, 0.25) is 6.29 Å². The molecule has 0 bridgehead atoms. The first-order valence-corrected chi connectivity index (χ1v) is 10.5. The van der Waals surface area contributed by atoms with Gasteiger partial charge < -0.3 is 19.5 Å². The van der Waals surface area contributed by atoms with E-state index in [0.717, 1.165) is 25.7 Å². The molecule has 2 aliphatic carbocycles. The van der Waals surface area contributed by atoms with Gasteiger partial charge in [-0.25, -0.2) is 0 Å². The fourth-order valence-electron chi connectivity index (χ4n) is 4.61. The van der Waals surface area contributed by atoms with Gasteiger partial charge in [0, 0.05) is 32.2 Å². The normalized spacial score (nSPS) is 29.8. The molecule has 26 heavy (non-hydrogen) atoms. The maximum atomic E-state index is 13.1.